The van der Waals surface area contributed by atoms with Crippen LogP contribution in [0.4, 0.5) is 0 Å². The van der Waals surface area contributed by atoms with E-state index in [9.17, 15) is 0 Å². The van der Waals surface area contributed by atoms with E-state index >= 15 is 0 Å². The lowest BCUT2D eigenvalue weighted by Crippen LogP contribution is -2.05. The summed E-state index contributed by atoms with van der Waals surface area (Å²) in [5.74, 6) is 1.46. The first kappa shape index (κ1) is 18.5. The van der Waals surface area contributed by atoms with Crippen molar-refractivity contribution in [2.75, 3.05) is 0 Å². The summed E-state index contributed by atoms with van der Waals surface area (Å²) >= 11 is 0. The van der Waals surface area contributed by atoms with E-state index in [0.717, 1.165) is 34.4 Å². The monoisotopic (exact) mass is 357 g/mol. The average Bonchev–Trinajstić information content (AvgIpc) is 2.73. The molecule has 0 aliphatic rings. The Morgan fingerprint density at radius 1 is 0.778 bits per heavy atom. The van der Waals surface area contributed by atoms with Crippen LogP contribution in [0.15, 0.2) is 72.8 Å². The molecule has 0 saturated carbocycles. The summed E-state index contributed by atoms with van der Waals surface area (Å²) in [6.07, 6.45) is 1.15. The van der Waals surface area contributed by atoms with Crippen LogP contribution in [-0.4, -0.2) is 0 Å². The van der Waals surface area contributed by atoms with Crippen LogP contribution in [0.25, 0.3) is 0 Å². The van der Waals surface area contributed by atoms with Gasteiger partial charge in [0.25, 0.3) is 0 Å². The lowest BCUT2D eigenvalue weighted by molar-refractivity contribution is 0.253. The molecule has 0 spiro atoms. The highest BCUT2D eigenvalue weighted by atomic mass is 16.5. The Hall–Kier alpha value is -3.25. The molecule has 0 aliphatic heterocycles. The summed E-state index contributed by atoms with van der Waals surface area (Å²) in [6, 6.07) is 26.2. The van der Waals surface area contributed by atoms with Gasteiger partial charge in [0.05, 0.1) is 12.5 Å². The van der Waals surface area contributed by atoms with Gasteiger partial charge >= 0.3 is 0 Å². The molecule has 0 radical (unpaired) electrons. The van der Waals surface area contributed by atoms with Gasteiger partial charge in [0, 0.05) is 5.56 Å². The number of nitriles is 1. The Kier molecular flexibility index (Phi) is 6.49. The van der Waals surface area contributed by atoms with Crippen molar-refractivity contribution in [1.82, 2.24) is 0 Å². The van der Waals surface area contributed by atoms with Gasteiger partial charge in [-0.05, 0) is 29.2 Å². The molecule has 0 amide bonds. The molecule has 0 fully saturated rings. The summed E-state index contributed by atoms with van der Waals surface area (Å²) in [7, 11) is 0. The third-order valence-electron chi connectivity index (χ3n) is 4.41. The molecule has 0 atom stereocenters. The van der Waals surface area contributed by atoms with Crippen LogP contribution in [0.5, 0.6) is 11.5 Å². The van der Waals surface area contributed by atoms with Gasteiger partial charge in [-0.3, -0.25) is 0 Å². The van der Waals surface area contributed by atoms with Gasteiger partial charge in [-0.2, -0.15) is 5.26 Å². The van der Waals surface area contributed by atoms with Crippen LogP contribution in [-0.2, 0) is 26.1 Å². The van der Waals surface area contributed by atoms with Gasteiger partial charge in [0.1, 0.15) is 13.2 Å². The van der Waals surface area contributed by atoms with E-state index in [0.29, 0.717) is 25.4 Å². The Labute approximate surface area is 160 Å². The van der Waals surface area contributed by atoms with Crippen molar-refractivity contribution < 1.29 is 9.47 Å². The fraction of sp³-hybridized carbons (Fsp3) is 0.208. The second-order valence-electron chi connectivity index (χ2n) is 6.27. The van der Waals surface area contributed by atoms with Crippen LogP contribution in [0.3, 0.4) is 0 Å². The van der Waals surface area contributed by atoms with Crippen molar-refractivity contribution >= 4 is 0 Å². The zero-order valence-electron chi connectivity index (χ0n) is 15.5. The first-order valence-corrected chi connectivity index (χ1v) is 9.17. The quantitative estimate of drug-likeness (QED) is 0.536. The third-order valence-corrected chi connectivity index (χ3v) is 4.41. The molecule has 0 unspecified atom stereocenters. The Balaban J connectivity index is 1.87. The summed E-state index contributed by atoms with van der Waals surface area (Å²) in [4.78, 5) is 0. The van der Waals surface area contributed by atoms with Crippen LogP contribution in [0.1, 0.15) is 29.2 Å². The molecule has 0 aromatic heterocycles. The largest absolute Gasteiger partial charge is 0.485 e. The number of hydrogen-bond acceptors (Lipinski definition) is 3. The van der Waals surface area contributed by atoms with E-state index in [1.807, 2.05) is 72.8 Å². The molecule has 0 N–H and O–H groups in total. The number of ether oxygens (including phenoxy) is 2. The van der Waals surface area contributed by atoms with Crippen LogP contribution in [0, 0.1) is 11.3 Å². The zero-order chi connectivity index (χ0) is 18.9. The number of rotatable bonds is 8. The smallest absolute Gasteiger partial charge is 0.165 e. The van der Waals surface area contributed by atoms with Crippen molar-refractivity contribution in [2.45, 2.75) is 33.0 Å². The highest BCUT2D eigenvalue weighted by molar-refractivity contribution is 5.51. The van der Waals surface area contributed by atoms with Gasteiger partial charge < -0.3 is 9.47 Å². The topological polar surface area (TPSA) is 42.2 Å². The molecule has 3 rings (SSSR count). The molecule has 27 heavy (non-hydrogen) atoms. The molecule has 0 bridgehead atoms. The number of hydrogen-bond donors (Lipinski definition) is 0. The lowest BCUT2D eigenvalue weighted by atomic mass is 10.0. The van der Waals surface area contributed by atoms with Gasteiger partial charge in [-0.25, -0.2) is 0 Å². The van der Waals surface area contributed by atoms with E-state index in [1.54, 1.807) is 0 Å². The summed E-state index contributed by atoms with van der Waals surface area (Å²) in [6.45, 7) is 3.02. The van der Waals surface area contributed by atoms with E-state index in [-0.39, 0.29) is 0 Å². The summed E-state index contributed by atoms with van der Waals surface area (Å²) in [5, 5.41) is 9.14. The highest BCUT2D eigenvalue weighted by Crippen LogP contribution is 2.36. The fourth-order valence-corrected chi connectivity index (χ4v) is 3.02. The number of benzene rings is 3. The minimum atomic E-state index is 0.365. The van der Waals surface area contributed by atoms with Crippen molar-refractivity contribution in [1.29, 1.82) is 5.26 Å². The predicted octanol–water partition coefficient (Wildman–Crippen LogP) is 5.47. The Bertz CT molecular complexity index is 899. The van der Waals surface area contributed by atoms with Crippen molar-refractivity contribution in [2.24, 2.45) is 0 Å². The fourth-order valence-electron chi connectivity index (χ4n) is 3.02. The van der Waals surface area contributed by atoms with E-state index < -0.39 is 0 Å². The molecule has 3 nitrogen and oxygen atoms in total. The standard InChI is InChI=1S/C24H23NO2/c1-2-22-21(15-16-25)13-14-23(26-17-19-9-5-3-6-10-19)24(22)27-18-20-11-7-4-8-12-20/h3-14H,2,15,17-18H2,1H3. The van der Waals surface area contributed by atoms with Gasteiger partial charge in [0.15, 0.2) is 11.5 Å². The summed E-state index contributed by atoms with van der Waals surface area (Å²) in [5.41, 5.74) is 4.23. The molecule has 0 saturated heterocycles. The maximum absolute atomic E-state index is 9.14. The van der Waals surface area contributed by atoms with Crippen LogP contribution >= 0.6 is 0 Å². The zero-order valence-corrected chi connectivity index (χ0v) is 15.5. The van der Waals surface area contributed by atoms with Crippen LogP contribution < -0.4 is 9.47 Å². The highest BCUT2D eigenvalue weighted by Gasteiger charge is 2.15. The first-order valence-electron chi connectivity index (χ1n) is 9.17. The van der Waals surface area contributed by atoms with E-state index in [2.05, 4.69) is 13.0 Å². The maximum atomic E-state index is 9.14. The molecule has 0 heterocycles. The second kappa shape index (κ2) is 9.45. The molecule has 3 aromatic carbocycles. The molecule has 136 valence electrons. The normalized spacial score (nSPS) is 10.2. The van der Waals surface area contributed by atoms with Gasteiger partial charge in [-0.15, -0.1) is 0 Å². The van der Waals surface area contributed by atoms with Gasteiger partial charge in [0.2, 0.25) is 0 Å². The van der Waals surface area contributed by atoms with Gasteiger partial charge in [-0.1, -0.05) is 73.7 Å². The molecular weight excluding hydrogens is 334 g/mol. The molecule has 0 aliphatic carbocycles. The predicted molar refractivity (Wildman–Crippen MR) is 107 cm³/mol. The van der Waals surface area contributed by atoms with Crippen molar-refractivity contribution in [3.05, 3.63) is 95.1 Å². The Morgan fingerprint density at radius 2 is 1.37 bits per heavy atom. The van der Waals surface area contributed by atoms with E-state index in [1.165, 1.54) is 0 Å². The molecule has 3 aromatic rings. The third kappa shape index (κ3) is 4.89. The van der Waals surface area contributed by atoms with Crippen molar-refractivity contribution in [3.63, 3.8) is 0 Å². The summed E-state index contributed by atoms with van der Waals surface area (Å²) < 4.78 is 12.3. The molecular formula is C24H23NO2. The van der Waals surface area contributed by atoms with Crippen molar-refractivity contribution in [3.8, 4) is 17.6 Å². The first-order chi connectivity index (χ1) is 13.3. The van der Waals surface area contributed by atoms with E-state index in [4.69, 9.17) is 14.7 Å². The maximum Gasteiger partial charge on any atom is 0.165 e. The Morgan fingerprint density at radius 3 is 1.93 bits per heavy atom. The molecule has 3 heteroatoms. The minimum Gasteiger partial charge on any atom is -0.485 e. The average molecular weight is 357 g/mol. The SMILES string of the molecule is CCc1c(CC#N)ccc(OCc2ccccc2)c1OCc1ccccc1. The lowest BCUT2D eigenvalue weighted by Gasteiger charge is -2.18. The second-order valence-corrected chi connectivity index (χ2v) is 6.27. The number of nitrogens with zero attached hydrogens (tertiary/aromatic N) is 1. The minimum absolute atomic E-state index is 0.365. The van der Waals surface area contributed by atoms with Crippen LogP contribution in [0.2, 0.25) is 0 Å².